The van der Waals surface area contributed by atoms with E-state index in [4.69, 9.17) is 0 Å². The van der Waals surface area contributed by atoms with Gasteiger partial charge in [-0.2, -0.15) is 4.37 Å². The van der Waals surface area contributed by atoms with E-state index in [9.17, 15) is 0 Å². The van der Waals surface area contributed by atoms with Gasteiger partial charge in [0.05, 0.1) is 0 Å². The van der Waals surface area contributed by atoms with Crippen LogP contribution in [-0.4, -0.2) is 14.3 Å². The van der Waals surface area contributed by atoms with E-state index < -0.39 is 0 Å². The van der Waals surface area contributed by atoms with E-state index in [1.807, 2.05) is 18.2 Å². The lowest BCUT2D eigenvalue weighted by atomic mass is 10.5. The quantitative estimate of drug-likeness (QED) is 0.789. The van der Waals surface area contributed by atoms with Crippen LogP contribution < -0.4 is 0 Å². The average Bonchev–Trinajstić information content (AvgIpc) is 2.57. The molecule has 2 aromatic heterocycles. The number of pyridine rings is 1. The summed E-state index contributed by atoms with van der Waals surface area (Å²) in [6, 6.07) is 5.78. The van der Waals surface area contributed by atoms with Gasteiger partial charge in [-0.15, -0.1) is 0 Å². The first kappa shape index (κ1) is 9.11. The molecule has 0 bridgehead atoms. The first-order chi connectivity index (χ1) is 6.34. The maximum atomic E-state index is 4.27. The third kappa shape index (κ3) is 2.49. The second-order valence-electron chi connectivity index (χ2n) is 2.11. The molecule has 0 spiro atoms. The summed E-state index contributed by atoms with van der Waals surface area (Å²) in [6.45, 7) is 0. The minimum Gasteiger partial charge on any atom is -0.234 e. The van der Waals surface area contributed by atoms with Crippen molar-refractivity contribution in [1.29, 1.82) is 0 Å². The Morgan fingerprint density at radius 2 is 2.31 bits per heavy atom. The summed E-state index contributed by atoms with van der Waals surface area (Å²) in [5.41, 5.74) is 0. The molecular formula is C7H4BrN3S2. The third-order valence-electron chi connectivity index (χ3n) is 1.22. The Hall–Kier alpha value is -0.460. The molecular weight excluding hydrogens is 270 g/mol. The third-order valence-corrected chi connectivity index (χ3v) is 3.32. The Labute approximate surface area is 91.9 Å². The Morgan fingerprint density at radius 1 is 1.38 bits per heavy atom. The van der Waals surface area contributed by atoms with Crippen molar-refractivity contribution >= 4 is 39.2 Å². The van der Waals surface area contributed by atoms with E-state index in [1.165, 1.54) is 23.3 Å². The number of rotatable bonds is 2. The molecule has 0 aliphatic heterocycles. The summed E-state index contributed by atoms with van der Waals surface area (Å²) < 4.78 is 5.65. The van der Waals surface area contributed by atoms with Crippen molar-refractivity contribution in [3.8, 4) is 0 Å². The molecule has 0 saturated carbocycles. The molecule has 3 nitrogen and oxygen atoms in total. The second kappa shape index (κ2) is 4.17. The Balaban J connectivity index is 2.19. The summed E-state index contributed by atoms with van der Waals surface area (Å²) in [5, 5.41) is 0.922. The largest absolute Gasteiger partial charge is 0.234 e. The molecule has 0 atom stereocenters. The summed E-state index contributed by atoms with van der Waals surface area (Å²) in [7, 11) is 0. The predicted octanol–water partition coefficient (Wildman–Crippen LogP) is 2.85. The van der Waals surface area contributed by atoms with Gasteiger partial charge >= 0.3 is 0 Å². The van der Waals surface area contributed by atoms with E-state index >= 15 is 0 Å². The first-order valence-corrected chi connectivity index (χ1v) is 5.80. The molecule has 66 valence electrons. The van der Waals surface area contributed by atoms with Gasteiger partial charge in [-0.25, -0.2) is 9.97 Å². The van der Waals surface area contributed by atoms with Crippen molar-refractivity contribution < 1.29 is 0 Å². The van der Waals surface area contributed by atoms with Crippen LogP contribution in [0.4, 0.5) is 0 Å². The maximum absolute atomic E-state index is 4.27. The molecule has 0 aliphatic carbocycles. The minimum absolute atomic E-state index is 0.835. The fraction of sp³-hybridized carbons (Fsp3) is 0. The minimum atomic E-state index is 0.835. The standard InChI is InChI=1S/C7H4BrN3S2/c8-5-2-1-3-6(11-5)12-7-9-4-10-13-7/h1-4H. The summed E-state index contributed by atoms with van der Waals surface area (Å²) in [6.07, 6.45) is 1.55. The van der Waals surface area contributed by atoms with Crippen LogP contribution in [0.3, 0.4) is 0 Å². The normalized spacial score (nSPS) is 10.2. The van der Waals surface area contributed by atoms with E-state index in [0.29, 0.717) is 0 Å². The predicted molar refractivity (Wildman–Crippen MR) is 56.0 cm³/mol. The fourth-order valence-electron chi connectivity index (χ4n) is 0.744. The number of aromatic nitrogens is 3. The van der Waals surface area contributed by atoms with Crippen LogP contribution in [0.5, 0.6) is 0 Å². The molecule has 13 heavy (non-hydrogen) atoms. The van der Waals surface area contributed by atoms with Gasteiger partial charge in [0.25, 0.3) is 0 Å². The zero-order valence-electron chi connectivity index (χ0n) is 6.35. The van der Waals surface area contributed by atoms with Gasteiger partial charge in [0.2, 0.25) is 0 Å². The zero-order chi connectivity index (χ0) is 9.10. The lowest BCUT2D eigenvalue weighted by Gasteiger charge is -1.95. The van der Waals surface area contributed by atoms with Crippen molar-refractivity contribution in [3.05, 3.63) is 29.1 Å². The van der Waals surface area contributed by atoms with Gasteiger partial charge in [0.1, 0.15) is 16.0 Å². The molecule has 0 radical (unpaired) electrons. The van der Waals surface area contributed by atoms with Crippen LogP contribution in [0.15, 0.2) is 38.5 Å². The zero-order valence-corrected chi connectivity index (χ0v) is 9.56. The monoisotopic (exact) mass is 273 g/mol. The van der Waals surface area contributed by atoms with Crippen LogP contribution in [0.2, 0.25) is 0 Å². The first-order valence-electron chi connectivity index (χ1n) is 3.42. The van der Waals surface area contributed by atoms with Crippen molar-refractivity contribution in [2.75, 3.05) is 0 Å². The van der Waals surface area contributed by atoms with Gasteiger partial charge in [-0.1, -0.05) is 6.07 Å². The highest BCUT2D eigenvalue weighted by Crippen LogP contribution is 2.26. The van der Waals surface area contributed by atoms with Crippen molar-refractivity contribution in [3.63, 3.8) is 0 Å². The molecule has 2 aromatic rings. The lowest BCUT2D eigenvalue weighted by Crippen LogP contribution is -1.78. The maximum Gasteiger partial charge on any atom is 0.175 e. The molecule has 2 rings (SSSR count). The molecule has 0 N–H and O–H groups in total. The van der Waals surface area contributed by atoms with Gasteiger partial charge in [-0.3, -0.25) is 0 Å². The molecule has 0 aromatic carbocycles. The van der Waals surface area contributed by atoms with Gasteiger partial charge in [0.15, 0.2) is 4.34 Å². The van der Waals surface area contributed by atoms with E-state index in [2.05, 4.69) is 30.3 Å². The Kier molecular flexibility index (Phi) is 2.92. The van der Waals surface area contributed by atoms with Gasteiger partial charge < -0.3 is 0 Å². The highest BCUT2D eigenvalue weighted by molar-refractivity contribution is 9.10. The topological polar surface area (TPSA) is 38.7 Å². The smallest absolute Gasteiger partial charge is 0.175 e. The molecule has 0 saturated heterocycles. The van der Waals surface area contributed by atoms with E-state index in [-0.39, 0.29) is 0 Å². The second-order valence-corrected chi connectivity index (χ2v) is 4.97. The number of halogens is 1. The number of nitrogens with zero attached hydrogens (tertiary/aromatic N) is 3. The Bertz CT molecular complexity index is 390. The molecule has 0 aliphatic rings. The molecule has 6 heteroatoms. The van der Waals surface area contributed by atoms with Crippen LogP contribution >= 0.6 is 39.2 Å². The number of hydrogen-bond donors (Lipinski definition) is 0. The van der Waals surface area contributed by atoms with Crippen LogP contribution in [0.1, 0.15) is 0 Å². The highest BCUT2D eigenvalue weighted by atomic mass is 79.9. The number of hydrogen-bond acceptors (Lipinski definition) is 5. The van der Waals surface area contributed by atoms with Crippen molar-refractivity contribution in [2.45, 2.75) is 9.37 Å². The van der Waals surface area contributed by atoms with Crippen molar-refractivity contribution in [1.82, 2.24) is 14.3 Å². The van der Waals surface area contributed by atoms with Crippen LogP contribution in [0, 0.1) is 0 Å². The summed E-state index contributed by atoms with van der Waals surface area (Å²) in [4.78, 5) is 8.32. The molecule has 0 amide bonds. The van der Waals surface area contributed by atoms with Gasteiger partial charge in [0, 0.05) is 0 Å². The van der Waals surface area contributed by atoms with E-state index in [1.54, 1.807) is 6.33 Å². The lowest BCUT2D eigenvalue weighted by molar-refractivity contribution is 1.09. The van der Waals surface area contributed by atoms with Crippen LogP contribution in [0.25, 0.3) is 0 Å². The average molecular weight is 274 g/mol. The highest BCUT2D eigenvalue weighted by Gasteiger charge is 2.01. The molecule has 0 unspecified atom stereocenters. The fourth-order valence-corrected chi connectivity index (χ4v) is 2.59. The Morgan fingerprint density at radius 3 is 3.00 bits per heavy atom. The van der Waals surface area contributed by atoms with Crippen molar-refractivity contribution in [2.24, 2.45) is 0 Å². The van der Waals surface area contributed by atoms with Crippen LogP contribution in [-0.2, 0) is 0 Å². The van der Waals surface area contributed by atoms with Gasteiger partial charge in [-0.05, 0) is 51.4 Å². The SMILES string of the molecule is Brc1cccc(Sc2ncns2)n1. The summed E-state index contributed by atoms with van der Waals surface area (Å²) in [5.74, 6) is 0. The molecule has 0 fully saturated rings. The molecule has 2 heterocycles. The van der Waals surface area contributed by atoms with E-state index in [0.717, 1.165) is 14.0 Å². The summed E-state index contributed by atoms with van der Waals surface area (Å²) >= 11 is 6.19.